The molecule has 0 radical (unpaired) electrons. The lowest BCUT2D eigenvalue weighted by Crippen LogP contribution is -2.19. The molecule has 6 nitrogen and oxygen atoms in total. The second-order valence-electron chi connectivity index (χ2n) is 2.88. The zero-order valence-electron chi connectivity index (χ0n) is 7.86. The summed E-state index contributed by atoms with van der Waals surface area (Å²) < 4.78 is 4.52. The predicted molar refractivity (Wildman–Crippen MR) is 56.5 cm³/mol. The highest BCUT2D eigenvalue weighted by Crippen LogP contribution is 2.10. The number of carbonyl (C=O) groups excluding carboxylic acids is 1. The number of H-pyrrole nitrogens is 1. The Balaban J connectivity index is 2.20. The van der Waals surface area contributed by atoms with Gasteiger partial charge in [-0.05, 0) is 23.7 Å². The Morgan fingerprint density at radius 2 is 2.38 bits per heavy atom. The summed E-state index contributed by atoms with van der Waals surface area (Å²) in [4.78, 5) is 25.2. The lowest BCUT2D eigenvalue weighted by molar-refractivity contribution is 0.101. The average Bonchev–Trinajstić information content (AvgIpc) is 2.68. The number of halogens is 1. The number of aromatic amines is 1. The van der Waals surface area contributed by atoms with Gasteiger partial charge in [0.2, 0.25) is 5.22 Å². The van der Waals surface area contributed by atoms with Gasteiger partial charge in [-0.25, -0.2) is 0 Å². The van der Waals surface area contributed by atoms with Gasteiger partial charge in [0, 0.05) is 12.3 Å². The van der Waals surface area contributed by atoms with E-state index in [0.717, 1.165) is 0 Å². The molecule has 2 N–H and O–H groups in total. The highest BCUT2D eigenvalue weighted by atomic mass is 35.5. The number of nitrogens with zero attached hydrogens (tertiary/aromatic N) is 1. The third-order valence-electron chi connectivity index (χ3n) is 1.78. The molecule has 0 spiro atoms. The number of carbonyl (C=O) groups is 1. The molecule has 0 aliphatic rings. The number of pyridine rings is 1. The van der Waals surface area contributed by atoms with Crippen LogP contribution in [0, 0.1) is 0 Å². The first-order valence-electron chi connectivity index (χ1n) is 4.28. The zero-order chi connectivity index (χ0) is 11.5. The molecule has 0 saturated heterocycles. The molecule has 0 unspecified atom stereocenters. The zero-order valence-corrected chi connectivity index (χ0v) is 8.62. The van der Waals surface area contributed by atoms with Gasteiger partial charge < -0.3 is 14.8 Å². The van der Waals surface area contributed by atoms with Crippen LogP contribution in [0.1, 0.15) is 10.5 Å². The highest BCUT2D eigenvalue weighted by molar-refractivity contribution is 6.29. The fourth-order valence-corrected chi connectivity index (χ4v) is 1.20. The summed E-state index contributed by atoms with van der Waals surface area (Å²) in [5.74, 6) is -0.563. The Hall–Kier alpha value is -2.08. The number of amides is 1. The monoisotopic (exact) mass is 239 g/mol. The van der Waals surface area contributed by atoms with Crippen LogP contribution >= 0.6 is 11.6 Å². The molecule has 82 valence electrons. The van der Waals surface area contributed by atoms with E-state index in [-0.39, 0.29) is 16.6 Å². The molecule has 2 rings (SSSR count). The summed E-state index contributed by atoms with van der Waals surface area (Å²) in [6.45, 7) is 0. The largest absolute Gasteiger partial charge is 0.344 e. The first-order chi connectivity index (χ1) is 7.66. The van der Waals surface area contributed by atoms with Crippen molar-refractivity contribution in [3.63, 3.8) is 0 Å². The molecule has 0 saturated carbocycles. The SMILES string of the molecule is O=C(Nc1ccc[nH]c1=O)c1cc(Cl)on1. The Morgan fingerprint density at radius 1 is 1.56 bits per heavy atom. The average molecular weight is 240 g/mol. The van der Waals surface area contributed by atoms with E-state index in [0.29, 0.717) is 0 Å². The number of anilines is 1. The van der Waals surface area contributed by atoms with Gasteiger partial charge in [-0.15, -0.1) is 0 Å². The molecule has 7 heteroatoms. The van der Waals surface area contributed by atoms with Gasteiger partial charge in [0.15, 0.2) is 5.69 Å². The smallest absolute Gasteiger partial charge is 0.278 e. The summed E-state index contributed by atoms with van der Waals surface area (Å²) in [5.41, 5.74) is -0.259. The fraction of sp³-hybridized carbons (Fsp3) is 0. The van der Waals surface area contributed by atoms with Crippen molar-refractivity contribution in [2.75, 3.05) is 5.32 Å². The van der Waals surface area contributed by atoms with Crippen molar-refractivity contribution < 1.29 is 9.32 Å². The number of hydrogen-bond donors (Lipinski definition) is 2. The van der Waals surface area contributed by atoms with E-state index in [4.69, 9.17) is 11.6 Å². The minimum atomic E-state index is -0.563. The van der Waals surface area contributed by atoms with Crippen LogP contribution in [0.2, 0.25) is 5.22 Å². The number of hydrogen-bond acceptors (Lipinski definition) is 4. The van der Waals surface area contributed by atoms with Crippen LogP contribution in [0.3, 0.4) is 0 Å². The molecule has 0 aliphatic heterocycles. The summed E-state index contributed by atoms with van der Waals surface area (Å²) in [6, 6.07) is 4.32. The molecule has 0 aliphatic carbocycles. The minimum absolute atomic E-state index is 0.00659. The molecule has 0 atom stereocenters. The molecule has 0 bridgehead atoms. The van der Waals surface area contributed by atoms with Gasteiger partial charge in [-0.3, -0.25) is 9.59 Å². The quantitative estimate of drug-likeness (QED) is 0.826. The lowest BCUT2D eigenvalue weighted by atomic mass is 10.3. The minimum Gasteiger partial charge on any atom is -0.344 e. The summed E-state index contributed by atoms with van der Waals surface area (Å²) in [5, 5.41) is 5.79. The van der Waals surface area contributed by atoms with Crippen molar-refractivity contribution >= 4 is 23.2 Å². The van der Waals surface area contributed by atoms with E-state index in [1.165, 1.54) is 18.3 Å². The predicted octanol–water partition coefficient (Wildman–Crippen LogP) is 1.27. The Labute approximate surface area is 94.2 Å². The Kier molecular flexibility index (Phi) is 2.74. The lowest BCUT2D eigenvalue weighted by Gasteiger charge is -1.99. The summed E-state index contributed by atoms with van der Waals surface area (Å²) >= 11 is 5.46. The highest BCUT2D eigenvalue weighted by Gasteiger charge is 2.12. The van der Waals surface area contributed by atoms with Crippen LogP contribution < -0.4 is 10.9 Å². The van der Waals surface area contributed by atoms with Gasteiger partial charge in [-0.1, -0.05) is 5.16 Å². The first-order valence-corrected chi connectivity index (χ1v) is 4.66. The van der Waals surface area contributed by atoms with Gasteiger partial charge in [0.25, 0.3) is 11.5 Å². The van der Waals surface area contributed by atoms with Gasteiger partial charge >= 0.3 is 0 Å². The number of nitrogens with one attached hydrogen (secondary N) is 2. The second-order valence-corrected chi connectivity index (χ2v) is 3.26. The van der Waals surface area contributed by atoms with Gasteiger partial charge in [0.1, 0.15) is 5.69 Å². The van der Waals surface area contributed by atoms with E-state index in [1.54, 1.807) is 6.07 Å². The van der Waals surface area contributed by atoms with Crippen LogP contribution in [0.15, 0.2) is 33.7 Å². The van der Waals surface area contributed by atoms with E-state index in [1.807, 2.05) is 0 Å². The van der Waals surface area contributed by atoms with Crippen molar-refractivity contribution in [1.82, 2.24) is 10.1 Å². The maximum Gasteiger partial charge on any atom is 0.278 e. The van der Waals surface area contributed by atoms with Crippen LogP contribution in [0.4, 0.5) is 5.69 Å². The van der Waals surface area contributed by atoms with Gasteiger partial charge in [0.05, 0.1) is 0 Å². The van der Waals surface area contributed by atoms with Crippen LogP contribution in [0.25, 0.3) is 0 Å². The van der Waals surface area contributed by atoms with Crippen molar-refractivity contribution in [2.45, 2.75) is 0 Å². The van der Waals surface area contributed by atoms with Crippen LogP contribution in [0.5, 0.6) is 0 Å². The number of rotatable bonds is 2. The van der Waals surface area contributed by atoms with Crippen LogP contribution in [-0.2, 0) is 0 Å². The van der Waals surface area contributed by atoms with Crippen LogP contribution in [-0.4, -0.2) is 16.0 Å². The number of aromatic nitrogens is 2. The van der Waals surface area contributed by atoms with Crippen molar-refractivity contribution in [1.29, 1.82) is 0 Å². The van der Waals surface area contributed by atoms with E-state index in [2.05, 4.69) is 20.0 Å². The summed E-state index contributed by atoms with van der Waals surface area (Å²) in [6.07, 6.45) is 1.46. The molecule has 0 aromatic carbocycles. The van der Waals surface area contributed by atoms with E-state index in [9.17, 15) is 9.59 Å². The molecule has 2 aromatic rings. The van der Waals surface area contributed by atoms with Crippen molar-refractivity contribution in [2.24, 2.45) is 0 Å². The maximum atomic E-state index is 11.5. The normalized spacial score (nSPS) is 10.1. The molecular weight excluding hydrogens is 234 g/mol. The topological polar surface area (TPSA) is 88.0 Å². The molecule has 1 amide bonds. The van der Waals surface area contributed by atoms with Gasteiger partial charge in [-0.2, -0.15) is 0 Å². The third-order valence-corrected chi connectivity index (χ3v) is 1.96. The summed E-state index contributed by atoms with van der Waals surface area (Å²) in [7, 11) is 0. The molecule has 2 aromatic heterocycles. The second kappa shape index (κ2) is 4.19. The van der Waals surface area contributed by atoms with E-state index < -0.39 is 11.5 Å². The maximum absolute atomic E-state index is 11.5. The molecule has 2 heterocycles. The fourth-order valence-electron chi connectivity index (χ4n) is 1.07. The first kappa shape index (κ1) is 10.4. The Morgan fingerprint density at radius 3 is 3.00 bits per heavy atom. The molecule has 16 heavy (non-hydrogen) atoms. The third kappa shape index (κ3) is 2.12. The van der Waals surface area contributed by atoms with Crippen molar-refractivity contribution in [3.05, 3.63) is 45.7 Å². The molecule has 0 fully saturated rings. The standard InChI is InChI=1S/C9H6ClN3O3/c10-7-4-6(13-16-7)9(15)12-5-2-1-3-11-8(5)14/h1-4H,(H,11,14)(H,12,15). The Bertz CT molecular complexity index is 575. The van der Waals surface area contributed by atoms with E-state index >= 15 is 0 Å². The van der Waals surface area contributed by atoms with Crippen molar-refractivity contribution in [3.8, 4) is 0 Å². The molecular formula is C9H6ClN3O3.